The average Bonchev–Trinajstić information content (AvgIpc) is 2.93. The Hall–Kier alpha value is -1.17. The third-order valence-electron chi connectivity index (χ3n) is 4.78. The maximum atomic E-state index is 6.10. The molecule has 2 fully saturated rings. The van der Waals surface area contributed by atoms with E-state index in [1.54, 1.807) is 13.3 Å². The number of aromatic nitrogens is 1. The van der Waals surface area contributed by atoms with Crippen LogP contribution in [0.3, 0.4) is 0 Å². The van der Waals surface area contributed by atoms with E-state index in [2.05, 4.69) is 22.9 Å². The number of piperidine rings is 1. The molecule has 1 spiro atoms. The largest absolute Gasteiger partial charge is 0.481 e. The zero-order valence-electron chi connectivity index (χ0n) is 13.6. The van der Waals surface area contributed by atoms with Gasteiger partial charge in [-0.05, 0) is 25.8 Å². The minimum absolute atomic E-state index is 0.0510. The van der Waals surface area contributed by atoms with Crippen molar-refractivity contribution >= 4 is 0 Å². The highest BCUT2D eigenvalue weighted by Crippen LogP contribution is 2.37. The van der Waals surface area contributed by atoms with Gasteiger partial charge in [0, 0.05) is 44.4 Å². The summed E-state index contributed by atoms with van der Waals surface area (Å²) in [6.45, 7) is 6.58. The van der Waals surface area contributed by atoms with Crippen molar-refractivity contribution < 1.29 is 14.2 Å². The van der Waals surface area contributed by atoms with Crippen LogP contribution in [0.1, 0.15) is 31.7 Å². The molecule has 22 heavy (non-hydrogen) atoms. The smallest absolute Gasteiger partial charge is 0.217 e. The fourth-order valence-electron chi connectivity index (χ4n) is 3.58. The normalized spacial score (nSPS) is 24.7. The van der Waals surface area contributed by atoms with Crippen LogP contribution < -0.4 is 4.74 Å². The molecule has 0 aliphatic carbocycles. The number of hydrogen-bond acceptors (Lipinski definition) is 5. The molecule has 0 saturated carbocycles. The molecule has 2 aliphatic heterocycles. The standard InChI is InChI=1S/C17H26N2O3/c1-3-21-15-11-17(22-13-15)6-9-19(10-7-17)12-14-5-4-8-18-16(14)20-2/h4-5,8,15H,3,6-7,9-13H2,1-2H3. The number of ether oxygens (including phenoxy) is 3. The van der Waals surface area contributed by atoms with Crippen LogP contribution in [0, 0.1) is 0 Å². The Morgan fingerprint density at radius 1 is 1.41 bits per heavy atom. The quantitative estimate of drug-likeness (QED) is 0.835. The van der Waals surface area contributed by atoms with Gasteiger partial charge in [0.2, 0.25) is 5.88 Å². The van der Waals surface area contributed by atoms with E-state index in [4.69, 9.17) is 14.2 Å². The molecule has 3 heterocycles. The van der Waals surface area contributed by atoms with Crippen LogP contribution in [0.2, 0.25) is 0 Å². The van der Waals surface area contributed by atoms with E-state index in [0.717, 1.165) is 63.6 Å². The molecule has 1 atom stereocenters. The van der Waals surface area contributed by atoms with E-state index in [1.807, 2.05) is 6.07 Å². The maximum Gasteiger partial charge on any atom is 0.217 e. The molecular weight excluding hydrogens is 280 g/mol. The van der Waals surface area contributed by atoms with E-state index in [-0.39, 0.29) is 11.7 Å². The highest BCUT2D eigenvalue weighted by Gasteiger charge is 2.42. The predicted molar refractivity (Wildman–Crippen MR) is 84.0 cm³/mol. The Kier molecular flexibility index (Phi) is 4.96. The zero-order valence-corrected chi connectivity index (χ0v) is 13.6. The number of pyridine rings is 1. The Bertz CT molecular complexity index is 487. The van der Waals surface area contributed by atoms with Crippen molar-refractivity contribution in [3.05, 3.63) is 23.9 Å². The lowest BCUT2D eigenvalue weighted by Crippen LogP contribution is -2.44. The van der Waals surface area contributed by atoms with E-state index in [0.29, 0.717) is 0 Å². The van der Waals surface area contributed by atoms with Crippen molar-refractivity contribution in [2.45, 2.75) is 44.4 Å². The van der Waals surface area contributed by atoms with Gasteiger partial charge in [-0.15, -0.1) is 0 Å². The van der Waals surface area contributed by atoms with Crippen LogP contribution in [-0.4, -0.2) is 55.0 Å². The predicted octanol–water partition coefficient (Wildman–Crippen LogP) is 2.25. The van der Waals surface area contributed by atoms with Gasteiger partial charge in [0.1, 0.15) is 0 Å². The molecule has 2 saturated heterocycles. The van der Waals surface area contributed by atoms with Crippen molar-refractivity contribution in [2.75, 3.05) is 33.4 Å². The van der Waals surface area contributed by atoms with Crippen molar-refractivity contribution in [2.24, 2.45) is 0 Å². The number of rotatable bonds is 5. The summed E-state index contributed by atoms with van der Waals surface area (Å²) >= 11 is 0. The SMILES string of the molecule is CCOC1COC2(CCN(Cc3cccnc3OC)CC2)C1. The van der Waals surface area contributed by atoms with E-state index >= 15 is 0 Å². The Balaban J connectivity index is 1.54. The van der Waals surface area contributed by atoms with Gasteiger partial charge < -0.3 is 14.2 Å². The first-order valence-corrected chi connectivity index (χ1v) is 8.20. The summed E-state index contributed by atoms with van der Waals surface area (Å²) in [5.41, 5.74) is 1.20. The van der Waals surface area contributed by atoms with E-state index in [9.17, 15) is 0 Å². The minimum Gasteiger partial charge on any atom is -0.481 e. The number of likely N-dealkylation sites (tertiary alicyclic amines) is 1. The molecule has 5 nitrogen and oxygen atoms in total. The molecule has 5 heteroatoms. The molecule has 122 valence electrons. The van der Waals surface area contributed by atoms with E-state index in [1.165, 1.54) is 0 Å². The van der Waals surface area contributed by atoms with Gasteiger partial charge in [-0.1, -0.05) is 6.07 Å². The minimum atomic E-state index is 0.0510. The summed E-state index contributed by atoms with van der Waals surface area (Å²) in [6, 6.07) is 4.06. The number of methoxy groups -OCH3 is 1. The van der Waals surface area contributed by atoms with Crippen molar-refractivity contribution in [3.63, 3.8) is 0 Å². The fourth-order valence-corrected chi connectivity index (χ4v) is 3.58. The summed E-state index contributed by atoms with van der Waals surface area (Å²) in [6.07, 6.45) is 5.27. The summed E-state index contributed by atoms with van der Waals surface area (Å²) < 4.78 is 17.2. The molecule has 0 amide bonds. The van der Waals surface area contributed by atoms with E-state index < -0.39 is 0 Å². The molecule has 0 N–H and O–H groups in total. The third kappa shape index (κ3) is 3.42. The molecule has 1 aromatic heterocycles. The van der Waals surface area contributed by atoms with Crippen LogP contribution in [0.25, 0.3) is 0 Å². The van der Waals surface area contributed by atoms with Crippen LogP contribution in [0.5, 0.6) is 5.88 Å². The highest BCUT2D eigenvalue weighted by atomic mass is 16.6. The van der Waals surface area contributed by atoms with Crippen LogP contribution in [-0.2, 0) is 16.0 Å². The first-order chi connectivity index (χ1) is 10.7. The topological polar surface area (TPSA) is 43.8 Å². The lowest BCUT2D eigenvalue weighted by molar-refractivity contribution is -0.0465. The molecule has 0 bridgehead atoms. The summed E-state index contributed by atoms with van der Waals surface area (Å²) in [5.74, 6) is 0.733. The Morgan fingerprint density at radius 2 is 2.23 bits per heavy atom. The van der Waals surface area contributed by atoms with Crippen molar-refractivity contribution in [1.29, 1.82) is 0 Å². The van der Waals surface area contributed by atoms with Gasteiger partial charge in [-0.2, -0.15) is 0 Å². The van der Waals surface area contributed by atoms with Gasteiger partial charge in [-0.25, -0.2) is 4.98 Å². The van der Waals surface area contributed by atoms with Gasteiger partial charge in [-0.3, -0.25) is 4.90 Å². The summed E-state index contributed by atoms with van der Waals surface area (Å²) in [4.78, 5) is 6.73. The van der Waals surface area contributed by atoms with Crippen molar-refractivity contribution in [3.8, 4) is 5.88 Å². The lowest BCUT2D eigenvalue weighted by atomic mass is 9.88. The van der Waals surface area contributed by atoms with Gasteiger partial charge in [0.25, 0.3) is 0 Å². The van der Waals surface area contributed by atoms with Crippen molar-refractivity contribution in [1.82, 2.24) is 9.88 Å². The fraction of sp³-hybridized carbons (Fsp3) is 0.706. The molecule has 0 radical (unpaired) electrons. The number of nitrogens with zero attached hydrogens (tertiary/aromatic N) is 2. The second-order valence-corrected chi connectivity index (χ2v) is 6.22. The Labute approximate surface area is 132 Å². The zero-order chi connectivity index (χ0) is 15.4. The van der Waals surface area contributed by atoms with Gasteiger partial charge in [0.15, 0.2) is 0 Å². The van der Waals surface area contributed by atoms with Crippen LogP contribution in [0.4, 0.5) is 0 Å². The lowest BCUT2D eigenvalue weighted by Gasteiger charge is -2.38. The molecule has 3 rings (SSSR count). The average molecular weight is 306 g/mol. The first kappa shape index (κ1) is 15.7. The highest BCUT2D eigenvalue weighted by molar-refractivity contribution is 5.25. The second kappa shape index (κ2) is 6.94. The van der Waals surface area contributed by atoms with Gasteiger partial charge in [0.05, 0.1) is 25.4 Å². The first-order valence-electron chi connectivity index (χ1n) is 8.20. The molecule has 0 aromatic carbocycles. The third-order valence-corrected chi connectivity index (χ3v) is 4.78. The molecule has 1 unspecified atom stereocenters. The summed E-state index contributed by atoms with van der Waals surface area (Å²) in [5, 5.41) is 0. The molecular formula is C17H26N2O3. The summed E-state index contributed by atoms with van der Waals surface area (Å²) in [7, 11) is 1.68. The Morgan fingerprint density at radius 3 is 2.95 bits per heavy atom. The molecule has 2 aliphatic rings. The second-order valence-electron chi connectivity index (χ2n) is 6.22. The monoisotopic (exact) mass is 306 g/mol. The van der Waals surface area contributed by atoms with Crippen LogP contribution >= 0.6 is 0 Å². The van der Waals surface area contributed by atoms with Gasteiger partial charge >= 0.3 is 0 Å². The number of hydrogen-bond donors (Lipinski definition) is 0. The molecule has 1 aromatic rings. The maximum absolute atomic E-state index is 6.10. The van der Waals surface area contributed by atoms with Crippen LogP contribution in [0.15, 0.2) is 18.3 Å².